The Morgan fingerprint density at radius 1 is 1.19 bits per heavy atom. The van der Waals surface area contributed by atoms with E-state index >= 15 is 0 Å². The lowest BCUT2D eigenvalue weighted by atomic mass is 10.0. The van der Waals surface area contributed by atoms with Gasteiger partial charge in [0.1, 0.15) is 0 Å². The maximum atomic E-state index is 14.1. The van der Waals surface area contributed by atoms with Crippen LogP contribution in [0.3, 0.4) is 0 Å². The molecule has 0 aliphatic heterocycles. The lowest BCUT2D eigenvalue weighted by molar-refractivity contribution is 0.599. The molecule has 0 N–H and O–H groups in total. The summed E-state index contributed by atoms with van der Waals surface area (Å²) >= 11 is 0. The predicted octanol–water partition coefficient (Wildman–Crippen LogP) is 3.72. The van der Waals surface area contributed by atoms with Gasteiger partial charge < -0.3 is 4.40 Å². The highest BCUT2D eigenvalue weighted by Gasteiger charge is 2.15. The zero-order valence-electron chi connectivity index (χ0n) is 10.2. The van der Waals surface area contributed by atoms with Gasteiger partial charge in [0, 0.05) is 18.1 Å². The Bertz CT molecular complexity index is 512. The normalized spacial score (nSPS) is 11.9. The fraction of sp³-hybridized carbons (Fsp3) is 0.462. The molecule has 2 rings (SSSR count). The number of imidazole rings is 1. The molecule has 0 aliphatic rings. The van der Waals surface area contributed by atoms with E-state index in [1.165, 1.54) is 0 Å². The molecule has 0 amide bonds. The van der Waals surface area contributed by atoms with E-state index in [1.807, 2.05) is 30.5 Å². The Labute approximate surface area is 95.1 Å². The number of hydrogen-bond acceptors (Lipinski definition) is 1. The van der Waals surface area contributed by atoms with Crippen molar-refractivity contribution in [2.24, 2.45) is 0 Å². The van der Waals surface area contributed by atoms with Crippen LogP contribution in [0.4, 0.5) is 4.39 Å². The highest BCUT2D eigenvalue weighted by atomic mass is 19.1. The van der Waals surface area contributed by atoms with Gasteiger partial charge >= 0.3 is 0 Å². The topological polar surface area (TPSA) is 17.3 Å². The van der Waals surface area contributed by atoms with Crippen LogP contribution < -0.4 is 0 Å². The number of fused-ring (bicyclic) bond motifs is 1. The summed E-state index contributed by atoms with van der Waals surface area (Å²) in [6, 6.07) is 1.85. The van der Waals surface area contributed by atoms with Gasteiger partial charge in [0.05, 0.1) is 0 Å². The molecule has 0 unspecified atom stereocenters. The molecule has 0 fully saturated rings. The number of nitrogens with zero attached hydrogens (tertiary/aromatic N) is 2. The van der Waals surface area contributed by atoms with E-state index in [1.54, 1.807) is 6.20 Å². The highest BCUT2D eigenvalue weighted by molar-refractivity contribution is 5.46. The van der Waals surface area contributed by atoms with Crippen molar-refractivity contribution < 1.29 is 4.39 Å². The fourth-order valence-corrected chi connectivity index (χ4v) is 1.92. The minimum absolute atomic E-state index is 0.184. The second-order valence-corrected chi connectivity index (χ2v) is 4.77. The van der Waals surface area contributed by atoms with Crippen molar-refractivity contribution in [3.05, 3.63) is 35.5 Å². The molecule has 0 radical (unpaired) electrons. The van der Waals surface area contributed by atoms with Crippen molar-refractivity contribution in [3.63, 3.8) is 0 Å². The summed E-state index contributed by atoms with van der Waals surface area (Å²) in [5, 5.41) is 0. The summed E-state index contributed by atoms with van der Waals surface area (Å²) in [5.41, 5.74) is 2.22. The Kier molecular flexibility index (Phi) is 2.70. The Hall–Kier alpha value is -1.38. The van der Waals surface area contributed by atoms with Gasteiger partial charge in [-0.2, -0.15) is 0 Å². The molecule has 0 spiro atoms. The van der Waals surface area contributed by atoms with Gasteiger partial charge in [0.15, 0.2) is 11.5 Å². The molecule has 16 heavy (non-hydrogen) atoms. The highest BCUT2D eigenvalue weighted by Crippen LogP contribution is 2.24. The molecule has 2 nitrogen and oxygen atoms in total. The zero-order chi connectivity index (χ0) is 11.9. The van der Waals surface area contributed by atoms with E-state index in [-0.39, 0.29) is 11.7 Å². The summed E-state index contributed by atoms with van der Waals surface area (Å²) in [6.45, 7) is 8.14. The van der Waals surface area contributed by atoms with Gasteiger partial charge in [-0.05, 0) is 23.5 Å². The maximum Gasteiger partial charge on any atom is 0.173 e. The first-order valence-corrected chi connectivity index (χ1v) is 5.67. The number of halogens is 1. The number of rotatable bonds is 2. The third-order valence-corrected chi connectivity index (χ3v) is 2.89. The Morgan fingerprint density at radius 3 is 2.44 bits per heavy atom. The van der Waals surface area contributed by atoms with E-state index in [0.717, 1.165) is 11.3 Å². The fourth-order valence-electron chi connectivity index (χ4n) is 1.92. The molecular weight excluding hydrogens is 203 g/mol. The number of pyridine rings is 1. The maximum absolute atomic E-state index is 14.1. The summed E-state index contributed by atoms with van der Waals surface area (Å²) < 4.78 is 16.0. The standard InChI is InChI=1S/C13H17FN2/c1-8(2)10-5-6-16-11(9(3)4)7-15-13(16)12(10)14/h5-9H,1-4H3. The summed E-state index contributed by atoms with van der Waals surface area (Å²) in [6.07, 6.45) is 3.67. The van der Waals surface area contributed by atoms with Crippen molar-refractivity contribution in [2.75, 3.05) is 0 Å². The van der Waals surface area contributed by atoms with Gasteiger partial charge in [-0.15, -0.1) is 0 Å². The molecular formula is C13H17FN2. The molecule has 2 aromatic rings. The van der Waals surface area contributed by atoms with Crippen LogP contribution in [0, 0.1) is 5.82 Å². The second-order valence-electron chi connectivity index (χ2n) is 4.77. The van der Waals surface area contributed by atoms with Crippen LogP contribution in [0.1, 0.15) is 50.8 Å². The molecule has 86 valence electrons. The largest absolute Gasteiger partial charge is 0.301 e. The van der Waals surface area contributed by atoms with Gasteiger partial charge in [-0.25, -0.2) is 9.37 Å². The van der Waals surface area contributed by atoms with Crippen molar-refractivity contribution in [2.45, 2.75) is 39.5 Å². The van der Waals surface area contributed by atoms with Crippen molar-refractivity contribution in [3.8, 4) is 0 Å². The van der Waals surface area contributed by atoms with Crippen LogP contribution in [0.2, 0.25) is 0 Å². The molecule has 3 heteroatoms. The number of aromatic nitrogens is 2. The van der Waals surface area contributed by atoms with Gasteiger partial charge in [-0.1, -0.05) is 27.7 Å². The molecule has 2 heterocycles. The first-order valence-electron chi connectivity index (χ1n) is 5.67. The third kappa shape index (κ3) is 1.60. The Morgan fingerprint density at radius 2 is 1.88 bits per heavy atom. The molecule has 0 aliphatic carbocycles. The van der Waals surface area contributed by atoms with E-state index in [4.69, 9.17) is 0 Å². The van der Waals surface area contributed by atoms with Crippen LogP contribution >= 0.6 is 0 Å². The quantitative estimate of drug-likeness (QED) is 0.754. The summed E-state index contributed by atoms with van der Waals surface area (Å²) in [4.78, 5) is 4.17. The molecule has 0 atom stereocenters. The van der Waals surface area contributed by atoms with Crippen molar-refractivity contribution in [1.29, 1.82) is 0 Å². The van der Waals surface area contributed by atoms with E-state index in [9.17, 15) is 4.39 Å². The van der Waals surface area contributed by atoms with Crippen LogP contribution in [-0.2, 0) is 0 Å². The molecule has 2 aromatic heterocycles. The molecule has 0 saturated carbocycles. The van der Waals surface area contributed by atoms with E-state index in [2.05, 4.69) is 18.8 Å². The lowest BCUT2D eigenvalue weighted by Crippen LogP contribution is -2.00. The average Bonchev–Trinajstić information content (AvgIpc) is 2.61. The minimum atomic E-state index is -0.190. The van der Waals surface area contributed by atoms with Crippen LogP contribution in [0.5, 0.6) is 0 Å². The molecule has 0 saturated heterocycles. The third-order valence-electron chi connectivity index (χ3n) is 2.89. The number of hydrogen-bond donors (Lipinski definition) is 0. The second kappa shape index (κ2) is 3.89. The zero-order valence-corrected chi connectivity index (χ0v) is 10.2. The van der Waals surface area contributed by atoms with Gasteiger partial charge in [-0.3, -0.25) is 0 Å². The van der Waals surface area contributed by atoms with E-state index in [0.29, 0.717) is 11.6 Å². The van der Waals surface area contributed by atoms with Crippen LogP contribution in [-0.4, -0.2) is 9.38 Å². The van der Waals surface area contributed by atoms with Gasteiger partial charge in [0.25, 0.3) is 0 Å². The smallest absolute Gasteiger partial charge is 0.173 e. The van der Waals surface area contributed by atoms with Crippen LogP contribution in [0.25, 0.3) is 5.65 Å². The monoisotopic (exact) mass is 220 g/mol. The summed E-state index contributed by atoms with van der Waals surface area (Å²) in [5.74, 6) is 0.341. The predicted molar refractivity (Wildman–Crippen MR) is 63.3 cm³/mol. The van der Waals surface area contributed by atoms with Crippen molar-refractivity contribution >= 4 is 5.65 Å². The van der Waals surface area contributed by atoms with Crippen LogP contribution in [0.15, 0.2) is 18.5 Å². The van der Waals surface area contributed by atoms with Crippen molar-refractivity contribution in [1.82, 2.24) is 9.38 Å². The molecule has 0 aromatic carbocycles. The van der Waals surface area contributed by atoms with E-state index < -0.39 is 0 Å². The van der Waals surface area contributed by atoms with Gasteiger partial charge in [0.2, 0.25) is 0 Å². The first-order chi connectivity index (χ1) is 7.52. The summed E-state index contributed by atoms with van der Waals surface area (Å²) in [7, 11) is 0. The Balaban J connectivity index is 2.69. The SMILES string of the molecule is CC(C)c1ccn2c(C(C)C)cnc2c1F. The first kappa shape index (κ1) is 11.1. The molecule has 0 bridgehead atoms. The average molecular weight is 220 g/mol. The minimum Gasteiger partial charge on any atom is -0.301 e. The lowest BCUT2D eigenvalue weighted by Gasteiger charge is -2.09.